The third-order valence-electron chi connectivity index (χ3n) is 4.01. The van der Waals surface area contributed by atoms with Gasteiger partial charge in [0.2, 0.25) is 0 Å². The van der Waals surface area contributed by atoms with Crippen LogP contribution in [0.1, 0.15) is 18.6 Å². The highest BCUT2D eigenvalue weighted by molar-refractivity contribution is 6.01. The molecule has 0 saturated carbocycles. The van der Waals surface area contributed by atoms with Crippen molar-refractivity contribution in [2.24, 2.45) is 0 Å². The number of carbonyl (C=O) groups is 1. The SMILES string of the molecule is C[C@@H](NC(=O)Nc1cccc2ccccc12)[C@@H](O)c1ccccc1. The third-order valence-corrected chi connectivity index (χ3v) is 4.01. The first kappa shape index (κ1) is 16.0. The molecule has 4 heteroatoms. The largest absolute Gasteiger partial charge is 0.386 e. The van der Waals surface area contributed by atoms with Gasteiger partial charge in [0.1, 0.15) is 0 Å². The molecule has 122 valence electrons. The molecule has 0 unspecified atom stereocenters. The summed E-state index contributed by atoms with van der Waals surface area (Å²) in [4.78, 5) is 12.3. The van der Waals surface area contributed by atoms with Crippen LogP contribution >= 0.6 is 0 Å². The number of rotatable bonds is 4. The topological polar surface area (TPSA) is 61.4 Å². The summed E-state index contributed by atoms with van der Waals surface area (Å²) in [6, 6.07) is 22.2. The van der Waals surface area contributed by atoms with E-state index in [2.05, 4.69) is 10.6 Å². The van der Waals surface area contributed by atoms with E-state index in [9.17, 15) is 9.90 Å². The molecule has 3 N–H and O–H groups in total. The number of hydrogen-bond acceptors (Lipinski definition) is 2. The second-order valence-corrected chi connectivity index (χ2v) is 5.77. The lowest BCUT2D eigenvalue weighted by atomic mass is 10.0. The van der Waals surface area contributed by atoms with Gasteiger partial charge in [-0.3, -0.25) is 0 Å². The number of urea groups is 1. The Morgan fingerprint density at radius 3 is 2.38 bits per heavy atom. The Morgan fingerprint density at radius 2 is 1.58 bits per heavy atom. The number of benzene rings is 3. The Kier molecular flexibility index (Phi) is 4.77. The molecule has 2 amide bonds. The lowest BCUT2D eigenvalue weighted by Crippen LogP contribution is -2.39. The maximum atomic E-state index is 12.3. The second-order valence-electron chi connectivity index (χ2n) is 5.77. The lowest BCUT2D eigenvalue weighted by Gasteiger charge is -2.21. The smallest absolute Gasteiger partial charge is 0.319 e. The molecule has 3 rings (SSSR count). The van der Waals surface area contributed by atoms with Gasteiger partial charge in [0.15, 0.2) is 0 Å². The van der Waals surface area contributed by atoms with Crippen molar-refractivity contribution in [1.29, 1.82) is 0 Å². The van der Waals surface area contributed by atoms with Gasteiger partial charge in [-0.1, -0.05) is 66.7 Å². The van der Waals surface area contributed by atoms with Crippen LogP contribution in [0.25, 0.3) is 10.8 Å². The number of aliphatic hydroxyl groups is 1. The summed E-state index contributed by atoms with van der Waals surface area (Å²) in [6.45, 7) is 1.78. The summed E-state index contributed by atoms with van der Waals surface area (Å²) < 4.78 is 0. The molecule has 0 aliphatic carbocycles. The van der Waals surface area contributed by atoms with Crippen molar-refractivity contribution < 1.29 is 9.90 Å². The first-order chi connectivity index (χ1) is 11.6. The minimum atomic E-state index is -0.760. The minimum absolute atomic E-state index is 0.339. The van der Waals surface area contributed by atoms with Gasteiger partial charge in [0, 0.05) is 5.39 Å². The summed E-state index contributed by atoms with van der Waals surface area (Å²) in [5.41, 5.74) is 1.52. The van der Waals surface area contributed by atoms with Crippen molar-refractivity contribution in [3.05, 3.63) is 78.4 Å². The van der Waals surface area contributed by atoms with Crippen molar-refractivity contribution in [2.75, 3.05) is 5.32 Å². The summed E-state index contributed by atoms with van der Waals surface area (Å²) in [6.07, 6.45) is -0.760. The molecule has 24 heavy (non-hydrogen) atoms. The van der Waals surface area contributed by atoms with Crippen LogP contribution in [0.4, 0.5) is 10.5 Å². The molecule has 0 saturated heterocycles. The summed E-state index contributed by atoms with van der Waals surface area (Å²) >= 11 is 0. The Morgan fingerprint density at radius 1 is 0.917 bits per heavy atom. The molecular formula is C20H20N2O2. The zero-order valence-corrected chi connectivity index (χ0v) is 13.4. The normalized spacial score (nSPS) is 13.2. The van der Waals surface area contributed by atoms with Crippen molar-refractivity contribution in [2.45, 2.75) is 19.1 Å². The van der Waals surface area contributed by atoms with Crippen LogP contribution < -0.4 is 10.6 Å². The molecule has 2 atom stereocenters. The van der Waals surface area contributed by atoms with Crippen LogP contribution in [0, 0.1) is 0 Å². The highest BCUT2D eigenvalue weighted by Crippen LogP contribution is 2.23. The van der Waals surface area contributed by atoms with E-state index in [-0.39, 0.29) is 6.03 Å². The van der Waals surface area contributed by atoms with Crippen LogP contribution in [0.5, 0.6) is 0 Å². The molecule has 0 radical (unpaired) electrons. The van der Waals surface area contributed by atoms with Gasteiger partial charge >= 0.3 is 6.03 Å². The van der Waals surface area contributed by atoms with Crippen molar-refractivity contribution in [1.82, 2.24) is 5.32 Å². The molecule has 0 aromatic heterocycles. The van der Waals surface area contributed by atoms with Crippen LogP contribution in [0.15, 0.2) is 72.8 Å². The van der Waals surface area contributed by atoms with Crippen molar-refractivity contribution >= 4 is 22.5 Å². The third kappa shape index (κ3) is 3.55. The second kappa shape index (κ2) is 7.15. The maximum absolute atomic E-state index is 12.3. The van der Waals surface area contributed by atoms with Crippen LogP contribution in [0.2, 0.25) is 0 Å². The number of amides is 2. The molecule has 0 aliphatic rings. The van der Waals surface area contributed by atoms with E-state index in [0.29, 0.717) is 0 Å². The van der Waals surface area contributed by atoms with Crippen LogP contribution in [-0.4, -0.2) is 17.2 Å². The molecule has 0 aliphatic heterocycles. The molecule has 3 aromatic carbocycles. The predicted molar refractivity (Wildman–Crippen MR) is 97.0 cm³/mol. The Bertz CT molecular complexity index is 828. The average molecular weight is 320 g/mol. The number of anilines is 1. The monoisotopic (exact) mass is 320 g/mol. The van der Waals surface area contributed by atoms with E-state index in [1.165, 1.54) is 0 Å². The van der Waals surface area contributed by atoms with E-state index < -0.39 is 12.1 Å². The van der Waals surface area contributed by atoms with Gasteiger partial charge < -0.3 is 15.7 Å². The Labute approximate surface area is 141 Å². The van der Waals surface area contributed by atoms with E-state index >= 15 is 0 Å². The molecule has 0 spiro atoms. The number of hydrogen-bond donors (Lipinski definition) is 3. The lowest BCUT2D eigenvalue weighted by molar-refractivity contribution is 0.139. The average Bonchev–Trinajstić information content (AvgIpc) is 2.62. The van der Waals surface area contributed by atoms with Gasteiger partial charge in [-0.15, -0.1) is 0 Å². The van der Waals surface area contributed by atoms with Crippen molar-refractivity contribution in [3.8, 4) is 0 Å². The fourth-order valence-electron chi connectivity index (χ4n) is 2.72. The minimum Gasteiger partial charge on any atom is -0.386 e. The van der Waals surface area contributed by atoms with Gasteiger partial charge in [0.25, 0.3) is 0 Å². The van der Waals surface area contributed by atoms with Crippen LogP contribution in [0.3, 0.4) is 0 Å². The van der Waals surface area contributed by atoms with E-state index in [4.69, 9.17) is 0 Å². The van der Waals surface area contributed by atoms with Gasteiger partial charge in [0.05, 0.1) is 17.8 Å². The fraction of sp³-hybridized carbons (Fsp3) is 0.150. The zero-order chi connectivity index (χ0) is 16.9. The molecule has 0 heterocycles. The van der Waals surface area contributed by atoms with Crippen molar-refractivity contribution in [3.63, 3.8) is 0 Å². The quantitative estimate of drug-likeness (QED) is 0.678. The highest BCUT2D eigenvalue weighted by atomic mass is 16.3. The molecule has 3 aromatic rings. The first-order valence-corrected chi connectivity index (χ1v) is 7.93. The van der Waals surface area contributed by atoms with E-state index in [1.54, 1.807) is 6.92 Å². The molecule has 0 fully saturated rings. The number of aliphatic hydroxyl groups excluding tert-OH is 1. The van der Waals surface area contributed by atoms with E-state index in [1.807, 2.05) is 72.8 Å². The summed E-state index contributed by atoms with van der Waals surface area (Å²) in [7, 11) is 0. The highest BCUT2D eigenvalue weighted by Gasteiger charge is 2.18. The van der Waals surface area contributed by atoms with Crippen LogP contribution in [-0.2, 0) is 0 Å². The maximum Gasteiger partial charge on any atom is 0.319 e. The summed E-state index contributed by atoms with van der Waals surface area (Å²) in [5, 5.41) is 18.0. The number of nitrogens with one attached hydrogen (secondary N) is 2. The van der Waals surface area contributed by atoms with Gasteiger partial charge in [-0.25, -0.2) is 4.79 Å². The predicted octanol–water partition coefficient (Wildman–Crippen LogP) is 4.08. The zero-order valence-electron chi connectivity index (χ0n) is 13.4. The fourth-order valence-corrected chi connectivity index (χ4v) is 2.72. The molecule has 0 bridgehead atoms. The standard InChI is InChI=1S/C20H20N2O2/c1-14(19(23)16-9-3-2-4-10-16)21-20(24)22-18-13-7-11-15-8-5-6-12-17(15)18/h2-14,19,23H,1H3,(H2,21,22,24)/t14-,19-/m1/s1. The molecule has 4 nitrogen and oxygen atoms in total. The van der Waals surface area contributed by atoms with Gasteiger partial charge in [-0.05, 0) is 23.9 Å². The first-order valence-electron chi connectivity index (χ1n) is 7.93. The van der Waals surface area contributed by atoms with E-state index in [0.717, 1.165) is 22.0 Å². The summed E-state index contributed by atoms with van der Waals surface area (Å²) in [5.74, 6) is 0. The number of carbonyl (C=O) groups excluding carboxylic acids is 1. The number of fused-ring (bicyclic) bond motifs is 1. The molecular weight excluding hydrogens is 300 g/mol. The Hall–Kier alpha value is -2.85. The van der Waals surface area contributed by atoms with Gasteiger partial charge in [-0.2, -0.15) is 0 Å². The Balaban J connectivity index is 1.69.